The number of amides is 1. The molecule has 2 aromatic heterocycles. The standard InChI is InChI=1S/C13H18N6O/c1-8-10(6-14-13(15-8)18(3)4)12(20)16-11-7-19(5)17-9(11)2/h6-7H,1-5H3,(H,16,20). The molecule has 0 unspecified atom stereocenters. The minimum atomic E-state index is -0.232. The topological polar surface area (TPSA) is 75.9 Å². The van der Waals surface area contributed by atoms with Gasteiger partial charge in [-0.3, -0.25) is 9.48 Å². The Balaban J connectivity index is 2.23. The lowest BCUT2D eigenvalue weighted by Gasteiger charge is -2.12. The van der Waals surface area contributed by atoms with Crippen LogP contribution in [0.1, 0.15) is 21.7 Å². The molecular formula is C13H18N6O. The minimum Gasteiger partial charge on any atom is -0.347 e. The number of anilines is 2. The molecular weight excluding hydrogens is 256 g/mol. The SMILES string of the molecule is Cc1nn(C)cc1NC(=O)c1cnc(N(C)C)nc1C. The molecule has 0 radical (unpaired) electrons. The maximum atomic E-state index is 12.2. The molecule has 2 rings (SSSR count). The first-order chi connectivity index (χ1) is 9.38. The maximum Gasteiger partial charge on any atom is 0.259 e. The van der Waals surface area contributed by atoms with Crippen LogP contribution in [0, 0.1) is 13.8 Å². The van der Waals surface area contributed by atoms with E-state index in [0.29, 0.717) is 22.9 Å². The third-order valence-corrected chi connectivity index (χ3v) is 2.87. The quantitative estimate of drug-likeness (QED) is 0.908. The van der Waals surface area contributed by atoms with E-state index < -0.39 is 0 Å². The van der Waals surface area contributed by atoms with Crippen LogP contribution in [0.25, 0.3) is 0 Å². The zero-order valence-electron chi connectivity index (χ0n) is 12.3. The van der Waals surface area contributed by atoms with Crippen molar-refractivity contribution in [3.8, 4) is 0 Å². The molecule has 2 aromatic rings. The molecule has 0 saturated carbocycles. The smallest absolute Gasteiger partial charge is 0.259 e. The fourth-order valence-electron chi connectivity index (χ4n) is 1.81. The number of aryl methyl sites for hydroxylation is 3. The summed E-state index contributed by atoms with van der Waals surface area (Å²) in [7, 11) is 5.52. The van der Waals surface area contributed by atoms with Gasteiger partial charge >= 0.3 is 0 Å². The number of rotatable bonds is 3. The van der Waals surface area contributed by atoms with Gasteiger partial charge in [-0.2, -0.15) is 5.10 Å². The van der Waals surface area contributed by atoms with E-state index in [2.05, 4.69) is 20.4 Å². The predicted molar refractivity (Wildman–Crippen MR) is 77.0 cm³/mol. The zero-order chi connectivity index (χ0) is 14.9. The van der Waals surface area contributed by atoms with E-state index in [1.165, 1.54) is 0 Å². The second-order valence-corrected chi connectivity index (χ2v) is 4.82. The molecule has 0 aliphatic carbocycles. The van der Waals surface area contributed by atoms with Crippen molar-refractivity contribution < 1.29 is 4.79 Å². The Labute approximate surface area is 117 Å². The number of hydrogen-bond acceptors (Lipinski definition) is 5. The van der Waals surface area contributed by atoms with E-state index in [9.17, 15) is 4.79 Å². The van der Waals surface area contributed by atoms with Gasteiger partial charge in [0.1, 0.15) is 0 Å². The van der Waals surface area contributed by atoms with Crippen LogP contribution in [-0.2, 0) is 7.05 Å². The van der Waals surface area contributed by atoms with Crippen molar-refractivity contribution in [1.82, 2.24) is 19.7 Å². The molecule has 20 heavy (non-hydrogen) atoms. The normalized spacial score (nSPS) is 10.4. The Morgan fingerprint density at radius 1 is 1.30 bits per heavy atom. The van der Waals surface area contributed by atoms with Crippen LogP contribution in [0.3, 0.4) is 0 Å². The Kier molecular flexibility index (Phi) is 3.69. The first kappa shape index (κ1) is 14.0. The number of nitrogens with one attached hydrogen (secondary N) is 1. The molecule has 1 amide bonds. The molecule has 7 heteroatoms. The molecule has 0 saturated heterocycles. The van der Waals surface area contributed by atoms with Gasteiger partial charge < -0.3 is 10.2 Å². The first-order valence-electron chi connectivity index (χ1n) is 6.21. The molecule has 0 aliphatic rings. The fraction of sp³-hybridized carbons (Fsp3) is 0.385. The van der Waals surface area contributed by atoms with Crippen LogP contribution in [0.2, 0.25) is 0 Å². The third-order valence-electron chi connectivity index (χ3n) is 2.87. The Morgan fingerprint density at radius 2 is 2.00 bits per heavy atom. The molecule has 7 nitrogen and oxygen atoms in total. The largest absolute Gasteiger partial charge is 0.347 e. The van der Waals surface area contributed by atoms with Crippen LogP contribution in [0.4, 0.5) is 11.6 Å². The molecule has 0 atom stereocenters. The summed E-state index contributed by atoms with van der Waals surface area (Å²) in [6, 6.07) is 0. The number of nitrogens with zero attached hydrogens (tertiary/aromatic N) is 5. The van der Waals surface area contributed by atoms with Crippen LogP contribution in [0.15, 0.2) is 12.4 Å². The molecule has 0 fully saturated rings. The summed E-state index contributed by atoms with van der Waals surface area (Å²) in [5.41, 5.74) is 2.56. The Bertz CT molecular complexity index is 646. The molecule has 1 N–H and O–H groups in total. The molecule has 2 heterocycles. The van der Waals surface area contributed by atoms with Crippen molar-refractivity contribution in [1.29, 1.82) is 0 Å². The van der Waals surface area contributed by atoms with Gasteiger partial charge in [-0.05, 0) is 13.8 Å². The van der Waals surface area contributed by atoms with Gasteiger partial charge in [-0.1, -0.05) is 0 Å². The second-order valence-electron chi connectivity index (χ2n) is 4.82. The van der Waals surface area contributed by atoms with Crippen LogP contribution in [0.5, 0.6) is 0 Å². The van der Waals surface area contributed by atoms with Crippen LogP contribution >= 0.6 is 0 Å². The van der Waals surface area contributed by atoms with E-state index in [0.717, 1.165) is 5.69 Å². The van der Waals surface area contributed by atoms with E-state index >= 15 is 0 Å². The van der Waals surface area contributed by atoms with E-state index in [1.807, 2.05) is 28.1 Å². The number of carbonyl (C=O) groups excluding carboxylic acids is 1. The highest BCUT2D eigenvalue weighted by molar-refractivity contribution is 6.05. The van der Waals surface area contributed by atoms with Crippen molar-refractivity contribution >= 4 is 17.5 Å². The number of aromatic nitrogens is 4. The van der Waals surface area contributed by atoms with Crippen LogP contribution < -0.4 is 10.2 Å². The van der Waals surface area contributed by atoms with Gasteiger partial charge in [0, 0.05) is 33.5 Å². The average molecular weight is 274 g/mol. The first-order valence-corrected chi connectivity index (χ1v) is 6.21. The highest BCUT2D eigenvalue weighted by atomic mass is 16.1. The van der Waals surface area contributed by atoms with Crippen molar-refractivity contribution in [2.24, 2.45) is 7.05 Å². The summed E-state index contributed by atoms with van der Waals surface area (Å²) >= 11 is 0. The molecule has 0 bridgehead atoms. The molecule has 0 spiro atoms. The number of hydrogen-bond donors (Lipinski definition) is 1. The molecule has 0 aromatic carbocycles. The lowest BCUT2D eigenvalue weighted by molar-refractivity contribution is 0.102. The van der Waals surface area contributed by atoms with Gasteiger partial charge in [0.2, 0.25) is 5.95 Å². The Morgan fingerprint density at radius 3 is 2.50 bits per heavy atom. The summed E-state index contributed by atoms with van der Waals surface area (Å²) in [4.78, 5) is 22.5. The summed E-state index contributed by atoms with van der Waals surface area (Å²) in [6.07, 6.45) is 3.30. The predicted octanol–water partition coefficient (Wildman–Crippen LogP) is 1.15. The molecule has 106 valence electrons. The van der Waals surface area contributed by atoms with E-state index in [1.54, 1.807) is 28.9 Å². The lowest BCUT2D eigenvalue weighted by atomic mass is 10.2. The van der Waals surface area contributed by atoms with Gasteiger partial charge in [0.15, 0.2) is 0 Å². The fourth-order valence-corrected chi connectivity index (χ4v) is 1.81. The summed E-state index contributed by atoms with van der Waals surface area (Å²) < 4.78 is 1.66. The Hall–Kier alpha value is -2.44. The van der Waals surface area contributed by atoms with Gasteiger partial charge in [0.25, 0.3) is 5.91 Å². The van der Waals surface area contributed by atoms with Crippen LogP contribution in [-0.4, -0.2) is 39.8 Å². The average Bonchev–Trinajstić information content (AvgIpc) is 2.67. The van der Waals surface area contributed by atoms with Gasteiger partial charge in [-0.15, -0.1) is 0 Å². The minimum absolute atomic E-state index is 0.232. The van der Waals surface area contributed by atoms with Crippen molar-refractivity contribution in [2.45, 2.75) is 13.8 Å². The van der Waals surface area contributed by atoms with Gasteiger partial charge in [-0.25, -0.2) is 9.97 Å². The monoisotopic (exact) mass is 274 g/mol. The van der Waals surface area contributed by atoms with Crippen molar-refractivity contribution in [3.05, 3.63) is 29.3 Å². The highest BCUT2D eigenvalue weighted by Gasteiger charge is 2.14. The number of carbonyl (C=O) groups is 1. The summed E-state index contributed by atoms with van der Waals surface area (Å²) in [5, 5.41) is 7.00. The summed E-state index contributed by atoms with van der Waals surface area (Å²) in [5.74, 6) is 0.348. The van der Waals surface area contributed by atoms with E-state index in [4.69, 9.17) is 0 Å². The second kappa shape index (κ2) is 5.28. The summed E-state index contributed by atoms with van der Waals surface area (Å²) in [6.45, 7) is 3.63. The van der Waals surface area contributed by atoms with E-state index in [-0.39, 0.29) is 5.91 Å². The zero-order valence-corrected chi connectivity index (χ0v) is 12.3. The highest BCUT2D eigenvalue weighted by Crippen LogP contribution is 2.15. The van der Waals surface area contributed by atoms with Crippen molar-refractivity contribution in [3.63, 3.8) is 0 Å². The third kappa shape index (κ3) is 2.76. The van der Waals surface area contributed by atoms with Gasteiger partial charge in [0.05, 0.1) is 22.6 Å². The molecule has 0 aliphatic heterocycles. The lowest BCUT2D eigenvalue weighted by Crippen LogP contribution is -2.18. The maximum absolute atomic E-state index is 12.2. The van der Waals surface area contributed by atoms with Crippen molar-refractivity contribution in [2.75, 3.05) is 24.3 Å².